The molecule has 2 saturated heterocycles. The van der Waals surface area contributed by atoms with Gasteiger partial charge in [-0.1, -0.05) is 0 Å². The highest BCUT2D eigenvalue weighted by atomic mass is 32.2. The number of ether oxygens (including phenoxy) is 1. The Balaban J connectivity index is 1.66. The van der Waals surface area contributed by atoms with Gasteiger partial charge >= 0.3 is 0 Å². The molecule has 2 aliphatic heterocycles. The molecule has 98 valence electrons. The van der Waals surface area contributed by atoms with Gasteiger partial charge in [0.15, 0.2) is 16.1 Å². The van der Waals surface area contributed by atoms with Crippen LogP contribution in [0.3, 0.4) is 0 Å². The maximum atomic E-state index is 11.4. The molecule has 1 N–H and O–H groups in total. The predicted octanol–water partition coefficient (Wildman–Crippen LogP) is -0.397. The van der Waals surface area contributed by atoms with E-state index in [1.807, 2.05) is 0 Å². The van der Waals surface area contributed by atoms with E-state index in [2.05, 4.69) is 4.90 Å². The van der Waals surface area contributed by atoms with Crippen LogP contribution in [0.2, 0.25) is 0 Å². The number of nitrogens with zero attached hydrogens (tertiary/aromatic N) is 1. The van der Waals surface area contributed by atoms with Crippen molar-refractivity contribution in [3.63, 3.8) is 0 Å². The Hall–Kier alpha value is -0.170. The van der Waals surface area contributed by atoms with Crippen molar-refractivity contribution in [1.82, 2.24) is 4.90 Å². The van der Waals surface area contributed by atoms with Crippen molar-refractivity contribution < 1.29 is 18.3 Å². The van der Waals surface area contributed by atoms with Gasteiger partial charge in [-0.15, -0.1) is 0 Å². The summed E-state index contributed by atoms with van der Waals surface area (Å²) in [5, 5.41) is 9.50. The molecule has 0 aromatic carbocycles. The van der Waals surface area contributed by atoms with E-state index >= 15 is 0 Å². The van der Waals surface area contributed by atoms with Gasteiger partial charge in [0.2, 0.25) is 0 Å². The molecule has 1 aliphatic carbocycles. The predicted molar refractivity (Wildman–Crippen MR) is 62.2 cm³/mol. The van der Waals surface area contributed by atoms with Gasteiger partial charge < -0.3 is 9.84 Å². The lowest BCUT2D eigenvalue weighted by atomic mass is 9.98. The van der Waals surface area contributed by atoms with E-state index in [-0.39, 0.29) is 17.6 Å². The van der Waals surface area contributed by atoms with E-state index < -0.39 is 16.1 Å². The third kappa shape index (κ3) is 2.23. The molecule has 3 rings (SSSR count). The maximum absolute atomic E-state index is 11.4. The molecule has 17 heavy (non-hydrogen) atoms. The van der Waals surface area contributed by atoms with Crippen molar-refractivity contribution in [2.24, 2.45) is 5.92 Å². The van der Waals surface area contributed by atoms with Gasteiger partial charge in [-0.25, -0.2) is 8.42 Å². The summed E-state index contributed by atoms with van der Waals surface area (Å²) in [6.45, 7) is 1.29. The van der Waals surface area contributed by atoms with Crippen LogP contribution in [-0.4, -0.2) is 61.5 Å². The summed E-state index contributed by atoms with van der Waals surface area (Å²) >= 11 is 0. The molecular weight excluding hydrogens is 242 g/mol. The monoisotopic (exact) mass is 261 g/mol. The molecule has 0 bridgehead atoms. The smallest absolute Gasteiger partial charge is 0.155 e. The molecule has 0 aromatic rings. The normalized spacial score (nSPS) is 45.9. The van der Waals surface area contributed by atoms with Gasteiger partial charge in [-0.3, -0.25) is 4.90 Å². The van der Waals surface area contributed by atoms with Crippen LogP contribution in [0.25, 0.3) is 0 Å². The van der Waals surface area contributed by atoms with E-state index in [1.54, 1.807) is 0 Å². The van der Waals surface area contributed by atoms with Gasteiger partial charge in [-0.05, 0) is 12.8 Å². The first-order chi connectivity index (χ1) is 8.05. The maximum Gasteiger partial charge on any atom is 0.155 e. The third-order valence-corrected chi connectivity index (χ3v) is 5.98. The molecule has 0 aromatic heterocycles. The molecule has 5 nitrogen and oxygen atoms in total. The largest absolute Gasteiger partial charge is 0.368 e. The minimum absolute atomic E-state index is 0.188. The van der Waals surface area contributed by atoms with E-state index in [0.717, 1.165) is 12.8 Å². The number of fused-ring (bicyclic) bond motifs is 1. The lowest BCUT2D eigenvalue weighted by molar-refractivity contribution is -0.0906. The second-order valence-corrected chi connectivity index (χ2v) is 7.66. The Bertz CT molecular complexity index is 382. The van der Waals surface area contributed by atoms with Crippen molar-refractivity contribution in [3.8, 4) is 0 Å². The third-order valence-electron chi connectivity index (χ3n) is 4.37. The quantitative estimate of drug-likeness (QED) is 0.696. The van der Waals surface area contributed by atoms with Gasteiger partial charge in [-0.2, -0.15) is 0 Å². The van der Waals surface area contributed by atoms with Crippen LogP contribution in [0.5, 0.6) is 0 Å². The van der Waals surface area contributed by atoms with Crippen molar-refractivity contribution in [3.05, 3.63) is 0 Å². The Kier molecular flexibility index (Phi) is 2.93. The molecule has 0 amide bonds. The first kappa shape index (κ1) is 11.9. The zero-order valence-corrected chi connectivity index (χ0v) is 10.6. The lowest BCUT2D eigenvalue weighted by Gasteiger charge is -2.34. The summed E-state index contributed by atoms with van der Waals surface area (Å²) in [6, 6.07) is 0.410. The highest BCUT2D eigenvalue weighted by molar-refractivity contribution is 7.91. The van der Waals surface area contributed by atoms with E-state index in [1.165, 1.54) is 0 Å². The van der Waals surface area contributed by atoms with Crippen LogP contribution in [0.15, 0.2) is 0 Å². The summed E-state index contributed by atoms with van der Waals surface area (Å²) in [5.74, 6) is 0.958. The van der Waals surface area contributed by atoms with Crippen LogP contribution in [0, 0.1) is 5.92 Å². The Morgan fingerprint density at radius 2 is 1.88 bits per heavy atom. The second kappa shape index (κ2) is 4.19. The molecule has 4 atom stereocenters. The van der Waals surface area contributed by atoms with Crippen LogP contribution < -0.4 is 0 Å². The zero-order valence-electron chi connectivity index (χ0n) is 9.79. The minimum atomic E-state index is -2.80. The van der Waals surface area contributed by atoms with E-state index in [9.17, 15) is 13.5 Å². The van der Waals surface area contributed by atoms with E-state index in [4.69, 9.17) is 4.74 Å². The van der Waals surface area contributed by atoms with Gasteiger partial charge in [0.05, 0.1) is 17.6 Å². The van der Waals surface area contributed by atoms with Crippen LogP contribution in [-0.2, 0) is 14.6 Å². The summed E-state index contributed by atoms with van der Waals surface area (Å²) in [4.78, 5) is 2.28. The zero-order chi connectivity index (χ0) is 12.0. The van der Waals surface area contributed by atoms with Crippen molar-refractivity contribution in [2.45, 2.75) is 37.7 Å². The fourth-order valence-corrected chi connectivity index (χ4v) is 4.72. The Morgan fingerprint density at radius 3 is 2.59 bits per heavy atom. The second-order valence-electron chi connectivity index (χ2n) is 5.36. The van der Waals surface area contributed by atoms with Crippen molar-refractivity contribution in [1.29, 1.82) is 0 Å². The molecule has 2 heterocycles. The average molecular weight is 261 g/mol. The number of sulfone groups is 1. The van der Waals surface area contributed by atoms with E-state index in [0.29, 0.717) is 31.5 Å². The molecule has 0 radical (unpaired) electrons. The number of hydrogen-bond acceptors (Lipinski definition) is 5. The minimum Gasteiger partial charge on any atom is -0.368 e. The van der Waals surface area contributed by atoms with Crippen LogP contribution >= 0.6 is 0 Å². The molecule has 3 fully saturated rings. The first-order valence-electron chi connectivity index (χ1n) is 6.33. The van der Waals surface area contributed by atoms with Gasteiger partial charge in [0, 0.05) is 31.5 Å². The Labute approximate surface area is 102 Å². The number of rotatable bonds is 1. The number of aliphatic hydroxyl groups is 1. The standard InChI is InChI=1S/C11H19NO4S/c13-11-7-8-9(1-2-10(8)16-11)12-3-5-17(14,15)6-4-12/h8-11,13H,1-7H2/t8-,9+,10+,11?/m0/s1. The van der Waals surface area contributed by atoms with Gasteiger partial charge in [0.1, 0.15) is 0 Å². The van der Waals surface area contributed by atoms with Gasteiger partial charge in [0.25, 0.3) is 0 Å². The number of aliphatic hydroxyl groups excluding tert-OH is 1. The topological polar surface area (TPSA) is 66.8 Å². The molecule has 1 saturated carbocycles. The molecule has 1 unspecified atom stereocenters. The Morgan fingerprint density at radius 1 is 1.18 bits per heavy atom. The summed E-state index contributed by atoms with van der Waals surface area (Å²) in [6.07, 6.45) is 2.35. The summed E-state index contributed by atoms with van der Waals surface area (Å²) < 4.78 is 28.3. The average Bonchev–Trinajstić information content (AvgIpc) is 2.77. The fourth-order valence-electron chi connectivity index (χ4n) is 3.49. The highest BCUT2D eigenvalue weighted by Gasteiger charge is 2.46. The lowest BCUT2D eigenvalue weighted by Crippen LogP contribution is -2.47. The number of hydrogen-bond donors (Lipinski definition) is 1. The van der Waals surface area contributed by atoms with Crippen molar-refractivity contribution in [2.75, 3.05) is 24.6 Å². The van der Waals surface area contributed by atoms with Crippen LogP contribution in [0.4, 0.5) is 0 Å². The van der Waals surface area contributed by atoms with Crippen molar-refractivity contribution >= 4 is 9.84 Å². The summed E-state index contributed by atoms with van der Waals surface area (Å²) in [7, 11) is -2.80. The fraction of sp³-hybridized carbons (Fsp3) is 1.00. The summed E-state index contributed by atoms with van der Waals surface area (Å²) in [5.41, 5.74) is 0. The van der Waals surface area contributed by atoms with Crippen LogP contribution in [0.1, 0.15) is 19.3 Å². The SMILES string of the molecule is O=S1(=O)CCN([C@@H]2CC[C@H]3OC(O)C[C@@H]23)CC1. The molecule has 3 aliphatic rings. The first-order valence-corrected chi connectivity index (χ1v) is 8.15. The molecule has 6 heteroatoms. The molecular formula is C11H19NO4S. The molecule has 0 spiro atoms. The highest BCUT2D eigenvalue weighted by Crippen LogP contribution is 2.41.